The molecule has 0 unspecified atom stereocenters. The molecule has 144 valence electrons. The number of benzene rings is 2. The summed E-state index contributed by atoms with van der Waals surface area (Å²) >= 11 is 1.51. The van der Waals surface area contributed by atoms with Gasteiger partial charge in [-0.05, 0) is 36.4 Å². The number of amides is 1. The number of rotatable bonds is 5. The first kappa shape index (κ1) is 18.6. The van der Waals surface area contributed by atoms with Crippen LogP contribution in [0.1, 0.15) is 0 Å². The molecule has 3 aromatic rings. The van der Waals surface area contributed by atoms with Crippen LogP contribution in [0, 0.1) is 0 Å². The van der Waals surface area contributed by atoms with Crippen LogP contribution >= 0.6 is 11.8 Å². The molecule has 1 aliphatic rings. The number of carbonyl (C=O) groups is 1. The maximum absolute atomic E-state index is 12.6. The topological polar surface area (TPSA) is 45.7 Å². The number of nitrogens with zero attached hydrogens (tertiary/aromatic N) is 3. The van der Waals surface area contributed by atoms with Gasteiger partial charge in [0, 0.05) is 37.3 Å². The summed E-state index contributed by atoms with van der Waals surface area (Å²) in [4.78, 5) is 21.5. The van der Waals surface area contributed by atoms with E-state index in [1.165, 1.54) is 17.4 Å². The van der Waals surface area contributed by atoms with Gasteiger partial charge in [0.1, 0.15) is 5.75 Å². The molecule has 0 saturated carbocycles. The van der Waals surface area contributed by atoms with Gasteiger partial charge in [-0.25, -0.2) is 4.98 Å². The molecule has 0 bridgehead atoms. The Balaban J connectivity index is 1.29. The number of anilines is 1. The molecule has 1 fully saturated rings. The van der Waals surface area contributed by atoms with Crippen molar-refractivity contribution in [1.82, 2.24) is 9.88 Å². The number of methoxy groups -OCH3 is 1. The van der Waals surface area contributed by atoms with Crippen molar-refractivity contribution in [1.29, 1.82) is 0 Å². The van der Waals surface area contributed by atoms with Crippen molar-refractivity contribution in [2.24, 2.45) is 0 Å². The van der Waals surface area contributed by atoms with E-state index in [0.717, 1.165) is 47.9 Å². The highest BCUT2D eigenvalue weighted by Crippen LogP contribution is 2.22. The lowest BCUT2D eigenvalue weighted by Crippen LogP contribution is -2.49. The minimum absolute atomic E-state index is 0.175. The zero-order valence-electron chi connectivity index (χ0n) is 15.9. The van der Waals surface area contributed by atoms with Crippen LogP contribution in [0.3, 0.4) is 0 Å². The van der Waals surface area contributed by atoms with E-state index in [4.69, 9.17) is 4.74 Å². The predicted octanol–water partition coefficient (Wildman–Crippen LogP) is 3.68. The number of aromatic nitrogens is 1. The number of hydrogen-bond acceptors (Lipinski definition) is 5. The Morgan fingerprint density at radius 2 is 1.75 bits per heavy atom. The number of piperazine rings is 1. The van der Waals surface area contributed by atoms with E-state index in [1.54, 1.807) is 7.11 Å². The molecule has 1 aromatic heterocycles. The van der Waals surface area contributed by atoms with Crippen LogP contribution in [0.4, 0.5) is 5.69 Å². The van der Waals surface area contributed by atoms with Crippen LogP contribution in [0.5, 0.6) is 5.75 Å². The highest BCUT2D eigenvalue weighted by molar-refractivity contribution is 7.99. The number of pyridine rings is 1. The van der Waals surface area contributed by atoms with Gasteiger partial charge in [0.2, 0.25) is 5.91 Å². The Bertz CT molecular complexity index is 953. The van der Waals surface area contributed by atoms with E-state index in [2.05, 4.69) is 28.1 Å². The molecule has 1 aliphatic heterocycles. The Labute approximate surface area is 169 Å². The van der Waals surface area contributed by atoms with Gasteiger partial charge in [0.25, 0.3) is 0 Å². The normalized spacial score (nSPS) is 14.3. The molecular formula is C22H23N3O2S. The highest BCUT2D eigenvalue weighted by Gasteiger charge is 2.21. The molecule has 28 heavy (non-hydrogen) atoms. The van der Waals surface area contributed by atoms with Crippen LogP contribution in [0.2, 0.25) is 0 Å². The number of thioether (sulfide) groups is 1. The Kier molecular flexibility index (Phi) is 5.67. The smallest absolute Gasteiger partial charge is 0.233 e. The molecule has 0 atom stereocenters. The van der Waals surface area contributed by atoms with Gasteiger partial charge in [-0.1, -0.05) is 36.0 Å². The summed E-state index contributed by atoms with van der Waals surface area (Å²) in [6.45, 7) is 3.18. The maximum atomic E-state index is 12.6. The second-order valence-electron chi connectivity index (χ2n) is 6.70. The van der Waals surface area contributed by atoms with Gasteiger partial charge >= 0.3 is 0 Å². The summed E-state index contributed by atoms with van der Waals surface area (Å²) < 4.78 is 5.21. The molecule has 0 spiro atoms. The minimum atomic E-state index is 0.175. The summed E-state index contributed by atoms with van der Waals surface area (Å²) in [6.07, 6.45) is 0. The number of hydrogen-bond donors (Lipinski definition) is 0. The van der Waals surface area contributed by atoms with Crippen molar-refractivity contribution in [3.63, 3.8) is 0 Å². The van der Waals surface area contributed by atoms with Crippen LogP contribution in [0.25, 0.3) is 10.9 Å². The first-order valence-corrected chi connectivity index (χ1v) is 10.4. The second kappa shape index (κ2) is 8.52. The fraction of sp³-hybridized carbons (Fsp3) is 0.273. The van der Waals surface area contributed by atoms with Gasteiger partial charge in [0.05, 0.1) is 23.4 Å². The number of ether oxygens (including phenoxy) is 1. The fourth-order valence-electron chi connectivity index (χ4n) is 3.36. The largest absolute Gasteiger partial charge is 0.497 e. The number of fused-ring (bicyclic) bond motifs is 1. The average Bonchev–Trinajstić information content (AvgIpc) is 2.77. The van der Waals surface area contributed by atoms with Crippen LogP contribution in [-0.4, -0.2) is 54.8 Å². The van der Waals surface area contributed by atoms with Gasteiger partial charge in [-0.3, -0.25) is 4.79 Å². The zero-order valence-corrected chi connectivity index (χ0v) is 16.7. The van der Waals surface area contributed by atoms with Gasteiger partial charge in [0.15, 0.2) is 0 Å². The van der Waals surface area contributed by atoms with Crippen LogP contribution in [-0.2, 0) is 4.79 Å². The monoisotopic (exact) mass is 393 g/mol. The van der Waals surface area contributed by atoms with Crippen molar-refractivity contribution in [2.45, 2.75) is 5.03 Å². The first-order chi connectivity index (χ1) is 13.7. The fourth-order valence-corrected chi connectivity index (χ4v) is 4.14. The van der Waals surface area contributed by atoms with Gasteiger partial charge in [-0.2, -0.15) is 0 Å². The van der Waals surface area contributed by atoms with Gasteiger partial charge in [-0.15, -0.1) is 0 Å². The molecule has 1 amide bonds. The lowest BCUT2D eigenvalue weighted by Gasteiger charge is -2.36. The maximum Gasteiger partial charge on any atom is 0.233 e. The number of para-hydroxylation sites is 1. The van der Waals surface area contributed by atoms with E-state index < -0.39 is 0 Å². The van der Waals surface area contributed by atoms with E-state index in [-0.39, 0.29) is 5.91 Å². The molecule has 0 radical (unpaired) electrons. The lowest BCUT2D eigenvalue weighted by molar-refractivity contribution is -0.128. The van der Waals surface area contributed by atoms with Crippen molar-refractivity contribution < 1.29 is 9.53 Å². The van der Waals surface area contributed by atoms with Crippen LogP contribution < -0.4 is 9.64 Å². The predicted molar refractivity (Wildman–Crippen MR) is 114 cm³/mol. The third-order valence-electron chi connectivity index (χ3n) is 4.99. The molecule has 6 heteroatoms. The summed E-state index contributed by atoms with van der Waals surface area (Å²) in [5.74, 6) is 1.46. The van der Waals surface area contributed by atoms with Crippen LogP contribution in [0.15, 0.2) is 65.7 Å². The molecule has 5 nitrogen and oxygen atoms in total. The Morgan fingerprint density at radius 3 is 2.50 bits per heavy atom. The summed E-state index contributed by atoms with van der Waals surface area (Å²) in [6, 6.07) is 20.2. The summed E-state index contributed by atoms with van der Waals surface area (Å²) in [7, 11) is 1.67. The molecule has 4 rings (SSSR count). The highest BCUT2D eigenvalue weighted by atomic mass is 32.2. The third kappa shape index (κ3) is 4.22. The summed E-state index contributed by atoms with van der Waals surface area (Å²) in [5, 5.41) is 2.01. The van der Waals surface area contributed by atoms with E-state index >= 15 is 0 Å². The molecule has 2 heterocycles. The first-order valence-electron chi connectivity index (χ1n) is 9.38. The lowest BCUT2D eigenvalue weighted by atomic mass is 10.2. The van der Waals surface area contributed by atoms with Crippen molar-refractivity contribution in [2.75, 3.05) is 43.9 Å². The van der Waals surface area contributed by atoms with Gasteiger partial charge < -0.3 is 14.5 Å². The third-order valence-corrected chi connectivity index (χ3v) is 5.90. The van der Waals surface area contributed by atoms with E-state index in [0.29, 0.717) is 5.75 Å². The Hall–Kier alpha value is -2.73. The molecule has 0 aliphatic carbocycles. The Morgan fingerprint density at radius 1 is 1.00 bits per heavy atom. The summed E-state index contributed by atoms with van der Waals surface area (Å²) in [5.41, 5.74) is 2.13. The standard InChI is InChI=1S/C22H23N3O2S/c1-27-19-9-7-18(8-10-19)24-12-14-25(15-13-24)22(26)16-28-21-11-6-17-4-2-3-5-20(17)23-21/h2-11H,12-16H2,1H3. The van der Waals surface area contributed by atoms with E-state index in [1.807, 2.05) is 47.4 Å². The molecule has 1 saturated heterocycles. The second-order valence-corrected chi connectivity index (χ2v) is 7.69. The zero-order chi connectivity index (χ0) is 19.3. The number of carbonyl (C=O) groups excluding carboxylic acids is 1. The van der Waals surface area contributed by atoms with Crippen molar-refractivity contribution in [3.05, 3.63) is 60.7 Å². The van der Waals surface area contributed by atoms with Crippen molar-refractivity contribution in [3.8, 4) is 5.75 Å². The average molecular weight is 394 g/mol. The van der Waals surface area contributed by atoms with Crippen molar-refractivity contribution >= 4 is 34.3 Å². The molecular weight excluding hydrogens is 370 g/mol. The quantitative estimate of drug-likeness (QED) is 0.619. The SMILES string of the molecule is COc1ccc(N2CCN(C(=O)CSc3ccc4ccccc4n3)CC2)cc1. The minimum Gasteiger partial charge on any atom is -0.497 e. The van der Waals surface area contributed by atoms with E-state index in [9.17, 15) is 4.79 Å². The molecule has 2 aromatic carbocycles. The molecule has 0 N–H and O–H groups in total.